The van der Waals surface area contributed by atoms with E-state index in [-0.39, 0.29) is 11.5 Å². The minimum Gasteiger partial charge on any atom is -0.289 e. The molecule has 14 heavy (non-hydrogen) atoms. The first kappa shape index (κ1) is 10.1. The van der Waals surface area contributed by atoms with Crippen molar-refractivity contribution in [2.45, 2.75) is 6.92 Å². The summed E-state index contributed by atoms with van der Waals surface area (Å²) in [5, 5.41) is 10.4. The zero-order chi connectivity index (χ0) is 10.6. The molecule has 0 amide bonds. The standard InChI is InChI=1S/C10H9NO3/c1-2-4-10(12)8-5-3-6-9(7-8)11(13)14/h2-7H,1H3/b4-2+. The molecule has 0 spiro atoms. The van der Waals surface area contributed by atoms with Gasteiger partial charge in [-0.15, -0.1) is 0 Å². The maximum atomic E-state index is 11.3. The predicted molar refractivity (Wildman–Crippen MR) is 52.2 cm³/mol. The van der Waals surface area contributed by atoms with Crippen molar-refractivity contribution in [1.29, 1.82) is 0 Å². The summed E-state index contributed by atoms with van der Waals surface area (Å²) in [5.41, 5.74) is 0.262. The summed E-state index contributed by atoms with van der Waals surface area (Å²) in [7, 11) is 0. The number of ketones is 1. The van der Waals surface area contributed by atoms with Gasteiger partial charge in [0.25, 0.3) is 5.69 Å². The van der Waals surface area contributed by atoms with Gasteiger partial charge in [0.1, 0.15) is 0 Å². The third kappa shape index (κ3) is 2.26. The van der Waals surface area contributed by atoms with Crippen LogP contribution in [0.25, 0.3) is 0 Å². The average molecular weight is 191 g/mol. The van der Waals surface area contributed by atoms with Crippen molar-refractivity contribution in [1.82, 2.24) is 0 Å². The fourth-order valence-corrected chi connectivity index (χ4v) is 1.02. The minimum atomic E-state index is -0.521. The Bertz CT molecular complexity index is 396. The second-order valence-corrected chi connectivity index (χ2v) is 2.67. The van der Waals surface area contributed by atoms with Crippen molar-refractivity contribution < 1.29 is 9.72 Å². The number of carbonyl (C=O) groups excluding carboxylic acids is 1. The zero-order valence-electron chi connectivity index (χ0n) is 7.64. The molecule has 4 heteroatoms. The Balaban J connectivity index is 3.05. The van der Waals surface area contributed by atoms with Crippen LogP contribution in [0.2, 0.25) is 0 Å². The van der Waals surface area contributed by atoms with Crippen LogP contribution in [-0.2, 0) is 0 Å². The Hall–Kier alpha value is -1.97. The van der Waals surface area contributed by atoms with Crippen LogP contribution in [0.1, 0.15) is 17.3 Å². The van der Waals surface area contributed by atoms with Gasteiger partial charge in [-0.1, -0.05) is 18.2 Å². The summed E-state index contributed by atoms with van der Waals surface area (Å²) in [4.78, 5) is 21.2. The van der Waals surface area contributed by atoms with Gasteiger partial charge in [-0.25, -0.2) is 0 Å². The van der Waals surface area contributed by atoms with E-state index in [1.54, 1.807) is 19.1 Å². The van der Waals surface area contributed by atoms with Crippen LogP contribution >= 0.6 is 0 Å². The second-order valence-electron chi connectivity index (χ2n) is 2.67. The maximum Gasteiger partial charge on any atom is 0.270 e. The fraction of sp³-hybridized carbons (Fsp3) is 0.100. The maximum absolute atomic E-state index is 11.3. The van der Waals surface area contributed by atoms with Gasteiger partial charge in [-0.05, 0) is 13.0 Å². The number of nitro groups is 1. The van der Waals surface area contributed by atoms with Gasteiger partial charge >= 0.3 is 0 Å². The largest absolute Gasteiger partial charge is 0.289 e. The molecule has 0 heterocycles. The molecule has 1 aromatic carbocycles. The van der Waals surface area contributed by atoms with Crippen LogP contribution in [0, 0.1) is 10.1 Å². The molecule has 0 bridgehead atoms. The van der Waals surface area contributed by atoms with E-state index in [2.05, 4.69) is 0 Å². The highest BCUT2D eigenvalue weighted by Crippen LogP contribution is 2.13. The second kappa shape index (κ2) is 4.32. The van der Waals surface area contributed by atoms with Crippen LogP contribution in [-0.4, -0.2) is 10.7 Å². The molecule has 0 N–H and O–H groups in total. The molecule has 0 aromatic heterocycles. The fourth-order valence-electron chi connectivity index (χ4n) is 1.02. The Morgan fingerprint density at radius 2 is 2.21 bits per heavy atom. The number of rotatable bonds is 3. The molecule has 1 aromatic rings. The smallest absolute Gasteiger partial charge is 0.270 e. The SMILES string of the molecule is C/C=C/C(=O)c1cccc([N+](=O)[O-])c1. The van der Waals surface area contributed by atoms with Gasteiger partial charge in [-0.3, -0.25) is 14.9 Å². The predicted octanol–water partition coefficient (Wildman–Crippen LogP) is 2.35. The zero-order valence-corrected chi connectivity index (χ0v) is 7.64. The van der Waals surface area contributed by atoms with Crippen molar-refractivity contribution >= 4 is 11.5 Å². The summed E-state index contributed by atoms with van der Waals surface area (Å²) >= 11 is 0. The van der Waals surface area contributed by atoms with Gasteiger partial charge < -0.3 is 0 Å². The molecule has 0 aliphatic heterocycles. The number of allylic oxidation sites excluding steroid dienone is 2. The summed E-state index contributed by atoms with van der Waals surface area (Å²) < 4.78 is 0. The molecule has 72 valence electrons. The lowest BCUT2D eigenvalue weighted by Crippen LogP contribution is -1.95. The Morgan fingerprint density at radius 3 is 2.79 bits per heavy atom. The highest BCUT2D eigenvalue weighted by molar-refractivity contribution is 6.04. The van der Waals surface area contributed by atoms with Crippen LogP contribution in [0.4, 0.5) is 5.69 Å². The lowest BCUT2D eigenvalue weighted by atomic mass is 10.1. The lowest BCUT2D eigenvalue weighted by molar-refractivity contribution is -0.384. The first-order valence-electron chi connectivity index (χ1n) is 4.06. The molecule has 0 fully saturated rings. The highest BCUT2D eigenvalue weighted by Gasteiger charge is 2.08. The molecule has 0 aliphatic carbocycles. The Labute approximate surface area is 81.0 Å². The van der Waals surface area contributed by atoms with Crippen LogP contribution < -0.4 is 0 Å². The first-order chi connectivity index (χ1) is 6.65. The average Bonchev–Trinajstić information content (AvgIpc) is 2.18. The quantitative estimate of drug-likeness (QED) is 0.319. The number of nitrogens with zero attached hydrogens (tertiary/aromatic N) is 1. The van der Waals surface area contributed by atoms with E-state index in [1.165, 1.54) is 24.3 Å². The number of carbonyl (C=O) groups is 1. The van der Waals surface area contributed by atoms with E-state index in [1.807, 2.05) is 0 Å². The third-order valence-electron chi connectivity index (χ3n) is 1.66. The number of hydrogen-bond acceptors (Lipinski definition) is 3. The Kier molecular flexibility index (Phi) is 3.12. The van der Waals surface area contributed by atoms with Gasteiger partial charge in [0.2, 0.25) is 0 Å². The topological polar surface area (TPSA) is 60.2 Å². The summed E-state index contributed by atoms with van der Waals surface area (Å²) in [6.07, 6.45) is 2.97. The van der Waals surface area contributed by atoms with E-state index in [9.17, 15) is 14.9 Å². The molecule has 0 radical (unpaired) electrons. The lowest BCUT2D eigenvalue weighted by Gasteiger charge is -1.95. The molecule has 0 aliphatic rings. The molecule has 0 saturated heterocycles. The van der Waals surface area contributed by atoms with Gasteiger partial charge in [0, 0.05) is 17.7 Å². The van der Waals surface area contributed by atoms with Gasteiger partial charge in [0.05, 0.1) is 4.92 Å². The normalized spacial score (nSPS) is 10.4. The summed E-state index contributed by atoms with van der Waals surface area (Å²) in [6, 6.07) is 5.67. The third-order valence-corrected chi connectivity index (χ3v) is 1.66. The van der Waals surface area contributed by atoms with E-state index >= 15 is 0 Å². The van der Waals surface area contributed by atoms with Crippen molar-refractivity contribution in [2.75, 3.05) is 0 Å². The van der Waals surface area contributed by atoms with Crippen LogP contribution in [0.15, 0.2) is 36.4 Å². The molecule has 0 atom stereocenters. The van der Waals surface area contributed by atoms with Gasteiger partial charge in [0.15, 0.2) is 5.78 Å². The monoisotopic (exact) mass is 191 g/mol. The van der Waals surface area contributed by atoms with Crippen LogP contribution in [0.3, 0.4) is 0 Å². The van der Waals surface area contributed by atoms with Crippen LogP contribution in [0.5, 0.6) is 0 Å². The summed E-state index contributed by atoms with van der Waals surface area (Å²) in [5.74, 6) is -0.226. The van der Waals surface area contributed by atoms with Gasteiger partial charge in [-0.2, -0.15) is 0 Å². The Morgan fingerprint density at radius 1 is 1.50 bits per heavy atom. The molecule has 4 nitrogen and oxygen atoms in total. The molecule has 0 unspecified atom stereocenters. The minimum absolute atomic E-state index is 0.0691. The molecule has 1 rings (SSSR count). The van der Waals surface area contributed by atoms with Crippen molar-refractivity contribution in [3.8, 4) is 0 Å². The first-order valence-corrected chi connectivity index (χ1v) is 4.06. The number of hydrogen-bond donors (Lipinski definition) is 0. The van der Waals surface area contributed by atoms with Crippen molar-refractivity contribution in [2.24, 2.45) is 0 Å². The van der Waals surface area contributed by atoms with E-state index in [4.69, 9.17) is 0 Å². The summed E-state index contributed by atoms with van der Waals surface area (Å²) in [6.45, 7) is 1.72. The molecular formula is C10H9NO3. The highest BCUT2D eigenvalue weighted by atomic mass is 16.6. The number of benzene rings is 1. The number of nitro benzene ring substituents is 1. The molecular weight excluding hydrogens is 182 g/mol. The van der Waals surface area contributed by atoms with E-state index in [0.717, 1.165) is 0 Å². The molecule has 0 saturated carbocycles. The van der Waals surface area contributed by atoms with E-state index in [0.29, 0.717) is 5.56 Å². The number of non-ortho nitro benzene ring substituents is 1. The van der Waals surface area contributed by atoms with Crippen molar-refractivity contribution in [3.63, 3.8) is 0 Å². The van der Waals surface area contributed by atoms with E-state index < -0.39 is 4.92 Å². The van der Waals surface area contributed by atoms with Crippen molar-refractivity contribution in [3.05, 3.63) is 52.1 Å².